The molecule has 1 saturated heterocycles. The van der Waals surface area contributed by atoms with Crippen molar-refractivity contribution in [2.75, 3.05) is 77.2 Å². The van der Waals surface area contributed by atoms with Gasteiger partial charge in [-0.3, -0.25) is 0 Å². The van der Waals surface area contributed by atoms with Gasteiger partial charge in [-0.2, -0.15) is 0 Å². The van der Waals surface area contributed by atoms with Crippen molar-refractivity contribution in [1.29, 1.82) is 0 Å². The molecule has 0 saturated carbocycles. The van der Waals surface area contributed by atoms with E-state index in [1.165, 1.54) is 64.2 Å². The summed E-state index contributed by atoms with van der Waals surface area (Å²) in [5.74, 6) is 0.859. The largest absolute Gasteiger partial charge is 0.463 e. The Kier molecular flexibility index (Phi) is 41.1. The molecule has 0 radical (unpaired) electrons. The molecular weight excluding hydrogens is 811 g/mol. The van der Waals surface area contributed by atoms with Crippen molar-refractivity contribution in [3.63, 3.8) is 0 Å². The van der Waals surface area contributed by atoms with E-state index in [9.17, 15) is 19.2 Å². The summed E-state index contributed by atoms with van der Waals surface area (Å²) in [5.41, 5.74) is 0. The van der Waals surface area contributed by atoms with Crippen LogP contribution in [0.4, 0.5) is 9.59 Å². The Morgan fingerprint density at radius 2 is 1.00 bits per heavy atom. The van der Waals surface area contributed by atoms with Crippen LogP contribution in [0.3, 0.4) is 0 Å². The first-order chi connectivity index (χ1) is 30.0. The van der Waals surface area contributed by atoms with E-state index in [1.807, 2.05) is 17.1 Å². The van der Waals surface area contributed by atoms with Gasteiger partial charge in [0.25, 0.3) is 0 Å². The Morgan fingerprint density at radius 1 is 0.541 bits per heavy atom. The molecular formula is C48H87N3O8S2. The van der Waals surface area contributed by atoms with Crippen LogP contribution in [0.15, 0.2) is 24.3 Å². The standard InChI is InChI=1S/C48H87N3O8S2/c1-3-5-7-9-15-23-31-45(52)56-39-29-21-13-11-17-27-36-51(37-28-18-12-14-22-30-40-57-46(53)32-24-16-10-8-6-4-2)48(55)59-42-44-61-60-43-41-58-47(54)49-33-38-50-34-25-19-20-26-35-50/h23-24,31-32H,3-22,25-30,33-44H2,1-2H3,(H,49,54)/b31-23-,32-24-. The predicted octanol–water partition coefficient (Wildman–Crippen LogP) is 12.2. The zero-order chi connectivity index (χ0) is 44.1. The SMILES string of the molecule is CCCCCC/C=C\C(=O)OCCCCCCCCN(CCCCCCCCOC(=O)/C=C\CCCCCC)C(=O)OCCSSCCOC(=O)NCCN1CCCCCC1. The first-order valence-corrected chi connectivity index (χ1v) is 26.9. The summed E-state index contributed by atoms with van der Waals surface area (Å²) in [6.07, 6.45) is 34.9. The topological polar surface area (TPSA) is 124 Å². The van der Waals surface area contributed by atoms with E-state index >= 15 is 0 Å². The van der Waals surface area contributed by atoms with Crippen LogP contribution in [0.2, 0.25) is 0 Å². The third kappa shape index (κ3) is 39.0. The van der Waals surface area contributed by atoms with E-state index in [4.69, 9.17) is 18.9 Å². The number of amides is 2. The lowest BCUT2D eigenvalue weighted by Crippen LogP contribution is -2.35. The molecule has 1 aliphatic rings. The number of esters is 2. The number of hydrogen-bond acceptors (Lipinski definition) is 11. The van der Waals surface area contributed by atoms with Crippen molar-refractivity contribution in [3.8, 4) is 0 Å². The number of carbonyl (C=O) groups is 4. The maximum absolute atomic E-state index is 13.1. The Balaban J connectivity index is 2.26. The fourth-order valence-corrected chi connectivity index (χ4v) is 8.62. The van der Waals surface area contributed by atoms with Crippen LogP contribution in [-0.4, -0.2) is 111 Å². The van der Waals surface area contributed by atoms with Gasteiger partial charge in [-0.05, 0) is 77.3 Å². The van der Waals surface area contributed by atoms with Gasteiger partial charge in [0.1, 0.15) is 13.2 Å². The highest BCUT2D eigenvalue weighted by Crippen LogP contribution is 2.20. The molecule has 61 heavy (non-hydrogen) atoms. The van der Waals surface area contributed by atoms with Gasteiger partial charge in [0.05, 0.1) is 13.2 Å². The van der Waals surface area contributed by atoms with Crippen molar-refractivity contribution in [2.24, 2.45) is 0 Å². The fourth-order valence-electron chi connectivity index (χ4n) is 6.96. The van der Waals surface area contributed by atoms with Gasteiger partial charge >= 0.3 is 24.1 Å². The highest BCUT2D eigenvalue weighted by molar-refractivity contribution is 8.76. The normalized spacial score (nSPS) is 13.3. The highest BCUT2D eigenvalue weighted by atomic mass is 33.1. The molecule has 1 heterocycles. The molecule has 0 bridgehead atoms. The van der Waals surface area contributed by atoms with Crippen LogP contribution in [0.5, 0.6) is 0 Å². The molecule has 0 unspecified atom stereocenters. The number of likely N-dealkylation sites (tertiary alicyclic amines) is 1. The van der Waals surface area contributed by atoms with Crippen LogP contribution in [0.25, 0.3) is 0 Å². The number of carbonyl (C=O) groups excluding carboxylic acids is 4. The van der Waals surface area contributed by atoms with Crippen molar-refractivity contribution in [3.05, 3.63) is 24.3 Å². The molecule has 1 N–H and O–H groups in total. The lowest BCUT2D eigenvalue weighted by atomic mass is 10.1. The third-order valence-corrected chi connectivity index (χ3v) is 13.0. The van der Waals surface area contributed by atoms with Gasteiger partial charge in [0.15, 0.2) is 0 Å². The van der Waals surface area contributed by atoms with E-state index in [0.717, 1.165) is 122 Å². The first-order valence-electron chi connectivity index (χ1n) is 24.4. The molecule has 0 aliphatic carbocycles. The molecule has 2 amide bonds. The molecule has 0 aromatic carbocycles. The van der Waals surface area contributed by atoms with E-state index in [-0.39, 0.29) is 24.1 Å². The number of nitrogens with zero attached hydrogens (tertiary/aromatic N) is 2. The van der Waals surface area contributed by atoms with Gasteiger partial charge in [0.2, 0.25) is 0 Å². The van der Waals surface area contributed by atoms with Crippen molar-refractivity contribution in [1.82, 2.24) is 15.1 Å². The number of hydrogen-bond donors (Lipinski definition) is 1. The number of ether oxygens (including phenoxy) is 4. The van der Waals surface area contributed by atoms with Gasteiger partial charge in [-0.25, -0.2) is 19.2 Å². The summed E-state index contributed by atoms with van der Waals surface area (Å²) in [6.45, 7) is 11.1. The van der Waals surface area contributed by atoms with Crippen LogP contribution in [0, 0.1) is 0 Å². The maximum Gasteiger partial charge on any atom is 0.409 e. The number of alkyl carbamates (subject to hydrolysis) is 1. The smallest absolute Gasteiger partial charge is 0.409 e. The Hall–Kier alpha value is -2.38. The summed E-state index contributed by atoms with van der Waals surface area (Å²) in [5, 5.41) is 2.86. The van der Waals surface area contributed by atoms with E-state index < -0.39 is 0 Å². The zero-order valence-electron chi connectivity index (χ0n) is 38.7. The second-order valence-electron chi connectivity index (χ2n) is 16.1. The van der Waals surface area contributed by atoms with Crippen LogP contribution < -0.4 is 5.32 Å². The average Bonchev–Trinajstić information content (AvgIpc) is 3.53. The molecule has 354 valence electrons. The van der Waals surface area contributed by atoms with Gasteiger partial charge in [0, 0.05) is 49.8 Å². The van der Waals surface area contributed by atoms with Crippen molar-refractivity contribution >= 4 is 45.7 Å². The molecule has 1 aliphatic heterocycles. The number of unbranched alkanes of at least 4 members (excludes halogenated alkanes) is 18. The maximum atomic E-state index is 13.1. The van der Waals surface area contributed by atoms with E-state index in [0.29, 0.717) is 57.6 Å². The summed E-state index contributed by atoms with van der Waals surface area (Å²) in [4.78, 5) is 53.2. The minimum atomic E-state index is -0.363. The van der Waals surface area contributed by atoms with E-state index in [2.05, 4.69) is 24.1 Å². The fraction of sp³-hybridized carbons (Fsp3) is 0.833. The molecule has 1 fully saturated rings. The molecule has 0 aromatic heterocycles. The zero-order valence-corrected chi connectivity index (χ0v) is 40.3. The van der Waals surface area contributed by atoms with Gasteiger partial charge < -0.3 is 34.1 Å². The minimum Gasteiger partial charge on any atom is -0.463 e. The minimum absolute atomic E-state index is 0.242. The number of nitrogens with one attached hydrogen (secondary N) is 1. The Labute approximate surface area is 379 Å². The van der Waals surface area contributed by atoms with Gasteiger partial charge in [-0.15, -0.1) is 0 Å². The van der Waals surface area contributed by atoms with E-state index in [1.54, 1.807) is 33.7 Å². The predicted molar refractivity (Wildman–Crippen MR) is 255 cm³/mol. The molecule has 0 atom stereocenters. The van der Waals surface area contributed by atoms with Gasteiger partial charge in [-0.1, -0.05) is 150 Å². The molecule has 11 nitrogen and oxygen atoms in total. The van der Waals surface area contributed by atoms with Crippen molar-refractivity contribution < 1.29 is 38.1 Å². The quantitative estimate of drug-likeness (QED) is 0.0208. The van der Waals surface area contributed by atoms with Crippen LogP contribution in [-0.2, 0) is 28.5 Å². The lowest BCUT2D eigenvalue weighted by Gasteiger charge is -2.22. The number of allylic oxidation sites excluding steroid dienone is 2. The lowest BCUT2D eigenvalue weighted by molar-refractivity contribution is -0.138. The molecule has 13 heteroatoms. The average molecular weight is 898 g/mol. The second kappa shape index (κ2) is 44.2. The molecule has 0 aromatic rings. The first kappa shape index (κ1) is 56.6. The van der Waals surface area contributed by atoms with Crippen LogP contribution in [0.1, 0.15) is 181 Å². The molecule has 0 spiro atoms. The second-order valence-corrected chi connectivity index (χ2v) is 18.8. The third-order valence-electron chi connectivity index (χ3n) is 10.6. The summed E-state index contributed by atoms with van der Waals surface area (Å²) in [6, 6.07) is 0. The Morgan fingerprint density at radius 3 is 1.51 bits per heavy atom. The van der Waals surface area contributed by atoms with Crippen LogP contribution >= 0.6 is 21.6 Å². The summed E-state index contributed by atoms with van der Waals surface area (Å²) in [7, 11) is 3.23. The monoisotopic (exact) mass is 898 g/mol. The highest BCUT2D eigenvalue weighted by Gasteiger charge is 2.15. The van der Waals surface area contributed by atoms with Crippen molar-refractivity contribution in [2.45, 2.75) is 181 Å². The molecule has 1 rings (SSSR count). The summed E-state index contributed by atoms with van der Waals surface area (Å²) >= 11 is 0. The Bertz CT molecular complexity index is 1070. The summed E-state index contributed by atoms with van der Waals surface area (Å²) < 4.78 is 21.7. The number of rotatable bonds is 40.